The highest BCUT2D eigenvalue weighted by Crippen LogP contribution is 2.33. The molecule has 1 aromatic heterocycles. The maximum Gasteiger partial charge on any atom is 0.325 e. The van der Waals surface area contributed by atoms with Crippen molar-refractivity contribution in [2.24, 2.45) is 0 Å². The van der Waals surface area contributed by atoms with Gasteiger partial charge in [-0.3, -0.25) is 9.69 Å². The summed E-state index contributed by atoms with van der Waals surface area (Å²) in [7, 11) is 0. The smallest absolute Gasteiger partial charge is 0.325 e. The van der Waals surface area contributed by atoms with Crippen LogP contribution in [0.25, 0.3) is 0 Å². The quantitative estimate of drug-likeness (QED) is 0.557. The van der Waals surface area contributed by atoms with Crippen LogP contribution in [0.15, 0.2) is 60.7 Å². The average molecular weight is 389 g/mol. The Morgan fingerprint density at radius 1 is 0.862 bits per heavy atom. The number of nitrogens with zero attached hydrogens (tertiary/aromatic N) is 4. The van der Waals surface area contributed by atoms with Crippen molar-refractivity contribution in [3.8, 4) is 0 Å². The second kappa shape index (κ2) is 7.19. The number of amides is 3. The number of hydrogen-bond donors (Lipinski definition) is 3. The Bertz CT molecular complexity index is 1040. The summed E-state index contributed by atoms with van der Waals surface area (Å²) in [6.45, 7) is -0.162. The predicted octanol–water partition coefficient (Wildman–Crippen LogP) is 1.23. The number of rotatable bonds is 5. The number of urea groups is 1. The highest BCUT2D eigenvalue weighted by atomic mass is 16.2. The Morgan fingerprint density at radius 2 is 1.45 bits per heavy atom. The standard InChI is InChI=1S/C20H19N7O2/c21-17-23-15(24-18(22)25-17)12-27-16(28)20(26-19(27)29,14-9-5-2-6-10-14)11-13-7-3-1-4-8-13/h1-10H,11-12H2,(H,26,29)(H4,21,22,23,24,25). The van der Waals surface area contributed by atoms with Gasteiger partial charge in [-0.25, -0.2) is 4.79 Å². The third-order valence-corrected chi connectivity index (χ3v) is 4.77. The molecule has 4 rings (SSSR count). The summed E-state index contributed by atoms with van der Waals surface area (Å²) in [4.78, 5) is 39.1. The molecule has 29 heavy (non-hydrogen) atoms. The van der Waals surface area contributed by atoms with Crippen molar-refractivity contribution < 1.29 is 9.59 Å². The van der Waals surface area contributed by atoms with Crippen molar-refractivity contribution in [3.63, 3.8) is 0 Å². The fourth-order valence-corrected chi connectivity index (χ4v) is 3.48. The number of carbonyl (C=O) groups is 2. The van der Waals surface area contributed by atoms with Gasteiger partial charge in [-0.05, 0) is 11.1 Å². The molecule has 146 valence electrons. The molecule has 5 N–H and O–H groups in total. The molecular weight excluding hydrogens is 370 g/mol. The molecule has 3 aromatic rings. The Kier molecular flexibility index (Phi) is 4.55. The van der Waals surface area contributed by atoms with E-state index < -0.39 is 17.5 Å². The molecule has 1 unspecified atom stereocenters. The van der Waals surface area contributed by atoms with E-state index in [1.807, 2.05) is 60.7 Å². The molecule has 1 aliphatic heterocycles. The molecule has 0 bridgehead atoms. The van der Waals surface area contributed by atoms with Crippen LogP contribution < -0.4 is 16.8 Å². The third kappa shape index (κ3) is 3.45. The third-order valence-electron chi connectivity index (χ3n) is 4.77. The maximum atomic E-state index is 13.5. The first-order chi connectivity index (χ1) is 14.0. The van der Waals surface area contributed by atoms with Crippen LogP contribution in [0.3, 0.4) is 0 Å². The summed E-state index contributed by atoms with van der Waals surface area (Å²) in [6, 6.07) is 18.1. The van der Waals surface area contributed by atoms with Gasteiger partial charge in [0.1, 0.15) is 0 Å². The number of nitrogen functional groups attached to an aromatic ring is 2. The number of benzene rings is 2. The van der Waals surface area contributed by atoms with E-state index in [1.165, 1.54) is 0 Å². The molecular formula is C20H19N7O2. The van der Waals surface area contributed by atoms with E-state index in [-0.39, 0.29) is 24.3 Å². The van der Waals surface area contributed by atoms with Gasteiger partial charge in [0.15, 0.2) is 11.4 Å². The number of nitrogens with two attached hydrogens (primary N) is 2. The first kappa shape index (κ1) is 18.4. The van der Waals surface area contributed by atoms with E-state index in [0.29, 0.717) is 12.0 Å². The highest BCUT2D eigenvalue weighted by molar-refractivity contribution is 6.07. The van der Waals surface area contributed by atoms with Crippen LogP contribution in [0.5, 0.6) is 0 Å². The molecule has 0 radical (unpaired) electrons. The van der Waals surface area contributed by atoms with Crippen molar-refractivity contribution in [2.45, 2.75) is 18.5 Å². The van der Waals surface area contributed by atoms with E-state index in [2.05, 4.69) is 20.3 Å². The lowest BCUT2D eigenvalue weighted by Gasteiger charge is -2.27. The predicted molar refractivity (Wildman–Crippen MR) is 106 cm³/mol. The zero-order chi connectivity index (χ0) is 20.4. The normalized spacial score (nSPS) is 18.7. The van der Waals surface area contributed by atoms with Crippen molar-refractivity contribution >= 4 is 23.8 Å². The fourth-order valence-electron chi connectivity index (χ4n) is 3.48. The van der Waals surface area contributed by atoms with Gasteiger partial charge in [0, 0.05) is 6.42 Å². The second-order valence-electron chi connectivity index (χ2n) is 6.72. The first-order valence-corrected chi connectivity index (χ1v) is 8.97. The van der Waals surface area contributed by atoms with Gasteiger partial charge in [-0.15, -0.1) is 0 Å². The summed E-state index contributed by atoms with van der Waals surface area (Å²) in [5.74, 6) is -0.395. The molecule has 1 atom stereocenters. The molecule has 2 aromatic carbocycles. The van der Waals surface area contributed by atoms with E-state index in [9.17, 15) is 9.59 Å². The molecule has 1 fully saturated rings. The van der Waals surface area contributed by atoms with Crippen LogP contribution in [0, 0.1) is 0 Å². The molecule has 0 spiro atoms. The minimum atomic E-state index is -1.23. The SMILES string of the molecule is Nc1nc(N)nc(CN2C(=O)NC(Cc3ccccc3)(c3ccccc3)C2=O)n1. The Labute approximate surface area is 166 Å². The number of nitrogens with one attached hydrogen (secondary N) is 1. The van der Waals surface area contributed by atoms with Gasteiger partial charge in [0.25, 0.3) is 5.91 Å². The number of hydrogen-bond acceptors (Lipinski definition) is 7. The molecule has 2 heterocycles. The fraction of sp³-hybridized carbons (Fsp3) is 0.150. The van der Waals surface area contributed by atoms with Crippen LogP contribution in [-0.4, -0.2) is 31.8 Å². The minimum Gasteiger partial charge on any atom is -0.368 e. The van der Waals surface area contributed by atoms with Gasteiger partial charge < -0.3 is 16.8 Å². The zero-order valence-electron chi connectivity index (χ0n) is 15.4. The lowest BCUT2D eigenvalue weighted by molar-refractivity contribution is -0.132. The topological polar surface area (TPSA) is 140 Å². The van der Waals surface area contributed by atoms with Gasteiger partial charge in [0.05, 0.1) is 6.54 Å². The molecule has 9 nitrogen and oxygen atoms in total. The van der Waals surface area contributed by atoms with Crippen molar-refractivity contribution in [1.29, 1.82) is 0 Å². The molecule has 1 aliphatic rings. The van der Waals surface area contributed by atoms with Gasteiger partial charge >= 0.3 is 6.03 Å². The molecule has 1 saturated heterocycles. The summed E-state index contributed by atoms with van der Waals surface area (Å²) in [5, 5.41) is 2.89. The number of imide groups is 1. The monoisotopic (exact) mass is 389 g/mol. The molecule has 9 heteroatoms. The zero-order valence-corrected chi connectivity index (χ0v) is 15.4. The molecule has 0 aliphatic carbocycles. The summed E-state index contributed by atoms with van der Waals surface area (Å²) < 4.78 is 0. The van der Waals surface area contributed by atoms with E-state index in [1.54, 1.807) is 0 Å². The minimum absolute atomic E-state index is 0.0711. The van der Waals surface area contributed by atoms with E-state index >= 15 is 0 Å². The van der Waals surface area contributed by atoms with Gasteiger partial charge in [-0.1, -0.05) is 60.7 Å². The lowest BCUT2D eigenvalue weighted by Crippen LogP contribution is -2.46. The molecule has 0 saturated carbocycles. The summed E-state index contributed by atoms with van der Waals surface area (Å²) in [6.07, 6.45) is 0.306. The Morgan fingerprint density at radius 3 is 2.07 bits per heavy atom. The number of anilines is 2. The van der Waals surface area contributed by atoms with Crippen molar-refractivity contribution in [2.75, 3.05) is 11.5 Å². The van der Waals surface area contributed by atoms with Crippen molar-refractivity contribution in [1.82, 2.24) is 25.2 Å². The average Bonchev–Trinajstić information content (AvgIpc) is 2.94. The Balaban J connectivity index is 1.72. The van der Waals surface area contributed by atoms with E-state index in [0.717, 1.165) is 10.5 Å². The van der Waals surface area contributed by atoms with Crippen LogP contribution in [0.2, 0.25) is 0 Å². The van der Waals surface area contributed by atoms with Crippen LogP contribution in [0.1, 0.15) is 17.0 Å². The summed E-state index contributed by atoms with van der Waals surface area (Å²) >= 11 is 0. The lowest BCUT2D eigenvalue weighted by atomic mass is 9.83. The highest BCUT2D eigenvalue weighted by Gasteiger charge is 2.52. The van der Waals surface area contributed by atoms with E-state index in [4.69, 9.17) is 11.5 Å². The van der Waals surface area contributed by atoms with Gasteiger partial charge in [-0.2, -0.15) is 15.0 Å². The first-order valence-electron chi connectivity index (χ1n) is 8.97. The van der Waals surface area contributed by atoms with Gasteiger partial charge in [0.2, 0.25) is 11.9 Å². The number of aromatic nitrogens is 3. The van der Waals surface area contributed by atoms with Crippen LogP contribution in [-0.2, 0) is 23.3 Å². The second-order valence-corrected chi connectivity index (χ2v) is 6.72. The molecule has 3 amide bonds. The number of carbonyl (C=O) groups excluding carboxylic acids is 2. The maximum absolute atomic E-state index is 13.5. The summed E-state index contributed by atoms with van der Waals surface area (Å²) in [5.41, 5.74) is 11.6. The largest absolute Gasteiger partial charge is 0.368 e. The Hall–Kier alpha value is -4.01. The van der Waals surface area contributed by atoms with Crippen molar-refractivity contribution in [3.05, 3.63) is 77.6 Å². The van der Waals surface area contributed by atoms with Crippen LogP contribution >= 0.6 is 0 Å². The van der Waals surface area contributed by atoms with Crippen LogP contribution in [0.4, 0.5) is 16.7 Å².